The molecule has 3 N–H and O–H groups in total. The zero-order valence-corrected chi connectivity index (χ0v) is 19.1. The van der Waals surface area contributed by atoms with Crippen molar-refractivity contribution in [3.05, 3.63) is 0 Å². The van der Waals surface area contributed by atoms with Crippen LogP contribution in [-0.4, -0.2) is 70.7 Å². The zero-order chi connectivity index (χ0) is 22.6. The van der Waals surface area contributed by atoms with Crippen LogP contribution in [0.1, 0.15) is 65.7 Å². The van der Waals surface area contributed by atoms with Crippen molar-refractivity contribution >= 4 is 17.7 Å². The van der Waals surface area contributed by atoms with Crippen molar-refractivity contribution in [2.45, 2.75) is 95.0 Å². The third-order valence-corrected chi connectivity index (χ3v) is 8.56. The van der Waals surface area contributed by atoms with E-state index in [1.54, 1.807) is 11.9 Å². The fourth-order valence-electron chi connectivity index (χ4n) is 6.87. The summed E-state index contributed by atoms with van der Waals surface area (Å²) >= 11 is 0. The number of carbonyl (C=O) groups is 3. The van der Waals surface area contributed by atoms with Gasteiger partial charge in [0.1, 0.15) is 11.6 Å². The van der Waals surface area contributed by atoms with E-state index in [2.05, 4.69) is 10.6 Å². The average Bonchev–Trinajstić information content (AvgIpc) is 3.27. The van der Waals surface area contributed by atoms with Crippen LogP contribution in [0.4, 0.5) is 0 Å². The van der Waals surface area contributed by atoms with Crippen LogP contribution in [0, 0.1) is 17.8 Å². The molecule has 4 rings (SSSR count). The Morgan fingerprint density at radius 3 is 2.52 bits per heavy atom. The summed E-state index contributed by atoms with van der Waals surface area (Å²) in [6.45, 7) is 5.61. The van der Waals surface area contributed by atoms with Gasteiger partial charge in [0.15, 0.2) is 0 Å². The molecule has 174 valence electrons. The Bertz CT molecular complexity index is 749. The lowest BCUT2D eigenvalue weighted by Gasteiger charge is -2.37. The summed E-state index contributed by atoms with van der Waals surface area (Å²) in [5.74, 6) is -2.01. The van der Waals surface area contributed by atoms with Crippen LogP contribution in [0.25, 0.3) is 0 Å². The van der Waals surface area contributed by atoms with Crippen LogP contribution in [0.3, 0.4) is 0 Å². The molecule has 0 aromatic heterocycles. The van der Waals surface area contributed by atoms with Gasteiger partial charge < -0.3 is 25.4 Å². The molecule has 7 atom stereocenters. The first-order valence-corrected chi connectivity index (χ1v) is 11.9. The summed E-state index contributed by atoms with van der Waals surface area (Å²) in [5, 5.41) is 15.9. The summed E-state index contributed by atoms with van der Waals surface area (Å²) in [6.07, 6.45) is 6.31. The van der Waals surface area contributed by atoms with Gasteiger partial charge in [-0.25, -0.2) is 0 Å². The Labute approximate surface area is 184 Å². The van der Waals surface area contributed by atoms with Gasteiger partial charge in [-0.2, -0.15) is 0 Å². The van der Waals surface area contributed by atoms with Gasteiger partial charge in [-0.1, -0.05) is 33.1 Å². The molecule has 8 heteroatoms. The second-order valence-electron chi connectivity index (χ2n) is 10.2. The minimum Gasteiger partial charge on any atom is -0.394 e. The Morgan fingerprint density at radius 2 is 1.94 bits per heavy atom. The van der Waals surface area contributed by atoms with Gasteiger partial charge in [-0.05, 0) is 38.5 Å². The molecule has 3 saturated heterocycles. The predicted octanol–water partition coefficient (Wildman–Crippen LogP) is 0.963. The summed E-state index contributed by atoms with van der Waals surface area (Å²) in [7, 11) is 1.57. The van der Waals surface area contributed by atoms with Crippen molar-refractivity contribution in [2.24, 2.45) is 17.8 Å². The molecule has 31 heavy (non-hydrogen) atoms. The molecular weight excluding hydrogens is 398 g/mol. The lowest BCUT2D eigenvalue weighted by Crippen LogP contribution is -2.59. The van der Waals surface area contributed by atoms with E-state index in [1.807, 2.05) is 20.8 Å². The van der Waals surface area contributed by atoms with Crippen LogP contribution in [0.15, 0.2) is 0 Å². The summed E-state index contributed by atoms with van der Waals surface area (Å²) in [6, 6.07) is -1.21. The summed E-state index contributed by atoms with van der Waals surface area (Å²) in [4.78, 5) is 42.0. The van der Waals surface area contributed by atoms with E-state index in [1.165, 1.54) is 6.42 Å². The minimum atomic E-state index is -1.04. The third kappa shape index (κ3) is 3.12. The van der Waals surface area contributed by atoms with E-state index in [-0.39, 0.29) is 36.3 Å². The van der Waals surface area contributed by atoms with Crippen LogP contribution >= 0.6 is 0 Å². The number of rotatable bonds is 6. The van der Waals surface area contributed by atoms with E-state index in [0.29, 0.717) is 12.8 Å². The molecule has 4 fully saturated rings. The third-order valence-electron chi connectivity index (χ3n) is 8.56. The van der Waals surface area contributed by atoms with E-state index in [9.17, 15) is 19.5 Å². The van der Waals surface area contributed by atoms with Gasteiger partial charge in [-0.3, -0.25) is 14.4 Å². The molecule has 0 aromatic carbocycles. The summed E-state index contributed by atoms with van der Waals surface area (Å²) < 4.78 is 6.62. The molecule has 3 unspecified atom stereocenters. The molecule has 1 aliphatic carbocycles. The Hall–Kier alpha value is -1.67. The number of nitrogens with one attached hydrogen (secondary N) is 2. The Balaban J connectivity index is 1.76. The molecule has 3 amide bonds. The standard InChI is InChI=1S/C23H37N3O5/c1-5-15(12-27)26-18(20(29)25-14-9-7-6-8-10-14)23-11-13(2)22(3,31-23)16(19(28)24-4)17(23)21(26)30/h13-18,27H,5-12H2,1-4H3,(H,24,28)(H,25,29)/t13?,15-,16+,17-,18?,22-,23?/m0/s1. The maximum atomic E-state index is 13.8. The van der Waals surface area contributed by atoms with Crippen molar-refractivity contribution in [3.63, 3.8) is 0 Å². The first-order chi connectivity index (χ1) is 14.7. The first-order valence-electron chi connectivity index (χ1n) is 11.9. The number of likely N-dealkylation sites (tertiary alicyclic amines) is 1. The number of hydrogen-bond acceptors (Lipinski definition) is 5. The van der Waals surface area contributed by atoms with Gasteiger partial charge in [0.25, 0.3) is 0 Å². The van der Waals surface area contributed by atoms with Crippen LogP contribution in [0.2, 0.25) is 0 Å². The highest BCUT2D eigenvalue weighted by atomic mass is 16.5. The molecule has 8 nitrogen and oxygen atoms in total. The van der Waals surface area contributed by atoms with Crippen molar-refractivity contribution in [1.29, 1.82) is 0 Å². The highest BCUT2D eigenvalue weighted by Gasteiger charge is 2.80. The van der Waals surface area contributed by atoms with Gasteiger partial charge in [0.05, 0.1) is 30.1 Å². The van der Waals surface area contributed by atoms with E-state index in [0.717, 1.165) is 25.7 Å². The van der Waals surface area contributed by atoms with Crippen LogP contribution in [-0.2, 0) is 19.1 Å². The average molecular weight is 436 g/mol. The predicted molar refractivity (Wildman–Crippen MR) is 114 cm³/mol. The number of nitrogens with zero attached hydrogens (tertiary/aromatic N) is 1. The molecular formula is C23H37N3O5. The molecule has 0 radical (unpaired) electrons. The van der Waals surface area contributed by atoms with Crippen LogP contribution in [0.5, 0.6) is 0 Å². The molecule has 2 bridgehead atoms. The number of aliphatic hydroxyl groups is 1. The molecule has 1 saturated carbocycles. The van der Waals surface area contributed by atoms with Gasteiger partial charge in [0, 0.05) is 13.1 Å². The molecule has 1 spiro atoms. The Morgan fingerprint density at radius 1 is 1.26 bits per heavy atom. The van der Waals surface area contributed by atoms with Gasteiger partial charge in [-0.15, -0.1) is 0 Å². The lowest BCUT2D eigenvalue weighted by atomic mass is 9.62. The molecule has 4 aliphatic rings. The zero-order valence-electron chi connectivity index (χ0n) is 19.1. The number of amides is 3. The van der Waals surface area contributed by atoms with Crippen molar-refractivity contribution in [2.75, 3.05) is 13.7 Å². The number of fused-ring (bicyclic) bond motifs is 1. The highest BCUT2D eigenvalue weighted by molar-refractivity contribution is 5.99. The van der Waals surface area contributed by atoms with E-state index in [4.69, 9.17) is 4.74 Å². The number of carbonyl (C=O) groups excluding carboxylic acids is 3. The molecule has 0 aromatic rings. The second-order valence-corrected chi connectivity index (χ2v) is 10.2. The molecule has 3 aliphatic heterocycles. The van der Waals surface area contributed by atoms with Gasteiger partial charge >= 0.3 is 0 Å². The Kier molecular flexibility index (Phi) is 5.83. The van der Waals surface area contributed by atoms with Crippen molar-refractivity contribution < 1.29 is 24.2 Å². The smallest absolute Gasteiger partial charge is 0.246 e. The quantitative estimate of drug-likeness (QED) is 0.576. The lowest BCUT2D eigenvalue weighted by molar-refractivity contribution is -0.151. The SMILES string of the molecule is CC[C@@H](CO)N1C(=O)[C@@H]2[C@H](C(=O)NC)[C@@]3(C)OC2(CC3C)C1C(=O)NC1CCCCC1. The number of hydrogen-bond donors (Lipinski definition) is 3. The van der Waals surface area contributed by atoms with Crippen molar-refractivity contribution in [3.8, 4) is 0 Å². The van der Waals surface area contributed by atoms with E-state index < -0.39 is 35.1 Å². The normalized spacial score (nSPS) is 40.7. The topological polar surface area (TPSA) is 108 Å². The maximum Gasteiger partial charge on any atom is 0.246 e. The summed E-state index contributed by atoms with van der Waals surface area (Å²) in [5.41, 5.74) is -1.83. The molecule has 3 heterocycles. The second kappa shape index (κ2) is 8.03. The van der Waals surface area contributed by atoms with Gasteiger partial charge in [0.2, 0.25) is 17.7 Å². The highest BCUT2D eigenvalue weighted by Crippen LogP contribution is 2.65. The minimum absolute atomic E-state index is 0.0259. The first kappa shape index (κ1) is 22.5. The number of aliphatic hydroxyl groups excluding tert-OH is 1. The fraction of sp³-hybridized carbons (Fsp3) is 0.870. The largest absolute Gasteiger partial charge is 0.394 e. The van der Waals surface area contributed by atoms with Crippen LogP contribution < -0.4 is 10.6 Å². The monoisotopic (exact) mass is 435 g/mol. The fourth-order valence-corrected chi connectivity index (χ4v) is 6.87. The number of ether oxygens (including phenoxy) is 1. The van der Waals surface area contributed by atoms with Crippen molar-refractivity contribution in [1.82, 2.24) is 15.5 Å². The maximum absolute atomic E-state index is 13.8. The van der Waals surface area contributed by atoms with E-state index >= 15 is 0 Å².